The SMILES string of the molecule is O=C(Cc1ccc(F)cc1Cl)CC1CCOCC1. The van der Waals surface area contributed by atoms with Crippen LogP contribution in [0.1, 0.15) is 24.8 Å². The molecule has 18 heavy (non-hydrogen) atoms. The van der Waals surface area contributed by atoms with Gasteiger partial charge in [-0.25, -0.2) is 4.39 Å². The minimum atomic E-state index is -0.374. The van der Waals surface area contributed by atoms with E-state index in [1.165, 1.54) is 12.1 Å². The summed E-state index contributed by atoms with van der Waals surface area (Å²) in [5, 5.41) is 0.329. The largest absolute Gasteiger partial charge is 0.381 e. The van der Waals surface area contributed by atoms with Crippen molar-refractivity contribution in [2.24, 2.45) is 5.92 Å². The number of halogens is 2. The predicted molar refractivity (Wildman–Crippen MR) is 68.3 cm³/mol. The number of carbonyl (C=O) groups excluding carboxylic acids is 1. The van der Waals surface area contributed by atoms with Crippen molar-refractivity contribution in [3.63, 3.8) is 0 Å². The molecule has 2 rings (SSSR count). The van der Waals surface area contributed by atoms with Gasteiger partial charge in [0, 0.05) is 31.1 Å². The van der Waals surface area contributed by atoms with Crippen LogP contribution < -0.4 is 0 Å². The van der Waals surface area contributed by atoms with Gasteiger partial charge in [-0.05, 0) is 36.5 Å². The van der Waals surface area contributed by atoms with Gasteiger partial charge < -0.3 is 4.74 Å². The van der Waals surface area contributed by atoms with Gasteiger partial charge in [0.15, 0.2) is 0 Å². The quantitative estimate of drug-likeness (QED) is 0.838. The summed E-state index contributed by atoms with van der Waals surface area (Å²) in [5.41, 5.74) is 0.704. The van der Waals surface area contributed by atoms with Crippen molar-refractivity contribution in [2.45, 2.75) is 25.7 Å². The molecule has 0 radical (unpaired) electrons. The molecule has 4 heteroatoms. The first-order valence-electron chi connectivity index (χ1n) is 6.18. The Labute approximate surface area is 111 Å². The summed E-state index contributed by atoms with van der Waals surface area (Å²) >= 11 is 5.90. The first-order chi connectivity index (χ1) is 8.65. The number of rotatable bonds is 4. The average molecular weight is 271 g/mol. The lowest BCUT2D eigenvalue weighted by atomic mass is 9.92. The van der Waals surface area contributed by atoms with E-state index in [0.29, 0.717) is 22.9 Å². The van der Waals surface area contributed by atoms with Crippen LogP contribution in [-0.2, 0) is 16.0 Å². The standard InChI is InChI=1S/C14H16ClFO2/c15-14-9-12(16)2-1-11(14)8-13(17)7-10-3-5-18-6-4-10/h1-2,9-10H,3-8H2. The molecule has 1 heterocycles. The van der Waals surface area contributed by atoms with Gasteiger partial charge in [-0.1, -0.05) is 17.7 Å². The van der Waals surface area contributed by atoms with Crippen molar-refractivity contribution >= 4 is 17.4 Å². The van der Waals surface area contributed by atoms with Crippen LogP contribution in [0, 0.1) is 11.7 Å². The molecular formula is C14H16ClFO2. The van der Waals surface area contributed by atoms with E-state index in [1.807, 2.05) is 0 Å². The summed E-state index contributed by atoms with van der Waals surface area (Å²) in [6.07, 6.45) is 2.75. The lowest BCUT2D eigenvalue weighted by Gasteiger charge is -2.21. The number of ketones is 1. The van der Waals surface area contributed by atoms with E-state index in [9.17, 15) is 9.18 Å². The Balaban J connectivity index is 1.90. The maximum absolute atomic E-state index is 12.9. The van der Waals surface area contributed by atoms with Gasteiger partial charge in [-0.2, -0.15) is 0 Å². The molecule has 0 amide bonds. The van der Waals surface area contributed by atoms with Crippen LogP contribution in [0.3, 0.4) is 0 Å². The number of hydrogen-bond donors (Lipinski definition) is 0. The first-order valence-corrected chi connectivity index (χ1v) is 6.56. The monoisotopic (exact) mass is 270 g/mol. The summed E-state index contributed by atoms with van der Waals surface area (Å²) in [5.74, 6) is 0.210. The van der Waals surface area contributed by atoms with Gasteiger partial charge in [0.2, 0.25) is 0 Å². The summed E-state index contributed by atoms with van der Waals surface area (Å²) in [6.45, 7) is 1.49. The highest BCUT2D eigenvalue weighted by atomic mass is 35.5. The summed E-state index contributed by atoms with van der Waals surface area (Å²) < 4.78 is 18.1. The Morgan fingerprint density at radius 1 is 1.39 bits per heavy atom. The van der Waals surface area contributed by atoms with Gasteiger partial charge in [-0.3, -0.25) is 4.79 Å². The third-order valence-corrected chi connectivity index (χ3v) is 3.61. The zero-order valence-corrected chi connectivity index (χ0v) is 10.9. The van der Waals surface area contributed by atoms with Crippen molar-refractivity contribution in [2.75, 3.05) is 13.2 Å². The summed E-state index contributed by atoms with van der Waals surface area (Å²) in [4.78, 5) is 11.9. The Morgan fingerprint density at radius 3 is 2.78 bits per heavy atom. The van der Waals surface area contributed by atoms with Crippen molar-refractivity contribution in [3.8, 4) is 0 Å². The molecule has 1 aliphatic heterocycles. The molecule has 0 aliphatic carbocycles. The van der Waals surface area contributed by atoms with E-state index >= 15 is 0 Å². The number of hydrogen-bond acceptors (Lipinski definition) is 2. The molecule has 0 saturated carbocycles. The minimum absolute atomic E-state index is 0.162. The Hall–Kier alpha value is -0.930. The zero-order chi connectivity index (χ0) is 13.0. The van der Waals surface area contributed by atoms with Crippen LogP contribution >= 0.6 is 11.6 Å². The smallest absolute Gasteiger partial charge is 0.137 e. The fourth-order valence-corrected chi connectivity index (χ4v) is 2.46. The molecule has 98 valence electrons. The van der Waals surface area contributed by atoms with Gasteiger partial charge in [0.05, 0.1) is 0 Å². The van der Waals surface area contributed by atoms with Gasteiger partial charge >= 0.3 is 0 Å². The fraction of sp³-hybridized carbons (Fsp3) is 0.500. The normalized spacial score (nSPS) is 16.8. The van der Waals surface area contributed by atoms with Crippen LogP contribution in [0.2, 0.25) is 5.02 Å². The van der Waals surface area contributed by atoms with E-state index in [0.717, 1.165) is 26.1 Å². The van der Waals surface area contributed by atoms with Crippen molar-refractivity contribution in [1.82, 2.24) is 0 Å². The lowest BCUT2D eigenvalue weighted by Crippen LogP contribution is -2.19. The highest BCUT2D eigenvalue weighted by molar-refractivity contribution is 6.31. The molecular weight excluding hydrogens is 255 g/mol. The second-order valence-electron chi connectivity index (χ2n) is 4.71. The molecule has 0 unspecified atom stereocenters. The predicted octanol–water partition coefficient (Wildman–Crippen LogP) is 3.41. The third-order valence-electron chi connectivity index (χ3n) is 3.26. The topological polar surface area (TPSA) is 26.3 Å². The number of benzene rings is 1. The molecule has 1 aromatic rings. The van der Waals surface area contributed by atoms with E-state index in [4.69, 9.17) is 16.3 Å². The highest BCUT2D eigenvalue weighted by Crippen LogP contribution is 2.22. The zero-order valence-electron chi connectivity index (χ0n) is 10.1. The van der Waals surface area contributed by atoms with Crippen LogP contribution in [0.5, 0.6) is 0 Å². The van der Waals surface area contributed by atoms with E-state index in [2.05, 4.69) is 0 Å². The van der Waals surface area contributed by atoms with Crippen molar-refractivity contribution < 1.29 is 13.9 Å². The van der Waals surface area contributed by atoms with Crippen molar-refractivity contribution in [1.29, 1.82) is 0 Å². The molecule has 1 aromatic carbocycles. The fourth-order valence-electron chi connectivity index (χ4n) is 2.22. The molecule has 1 saturated heterocycles. The molecule has 0 spiro atoms. The maximum atomic E-state index is 12.9. The first kappa shape index (κ1) is 13.5. The Kier molecular flexibility index (Phi) is 4.72. The number of Topliss-reactive ketones (excluding diaryl/α,β-unsaturated/α-hetero) is 1. The van der Waals surface area contributed by atoms with E-state index in [-0.39, 0.29) is 18.0 Å². The molecule has 2 nitrogen and oxygen atoms in total. The van der Waals surface area contributed by atoms with Gasteiger partial charge in [0.1, 0.15) is 11.6 Å². The number of carbonyl (C=O) groups is 1. The second kappa shape index (κ2) is 6.30. The van der Waals surface area contributed by atoms with E-state index in [1.54, 1.807) is 6.07 Å². The molecule has 0 N–H and O–H groups in total. The average Bonchev–Trinajstić information content (AvgIpc) is 2.34. The molecule has 0 aromatic heterocycles. The Morgan fingerprint density at radius 2 is 2.11 bits per heavy atom. The summed E-state index contributed by atoms with van der Waals surface area (Å²) in [6, 6.07) is 4.17. The number of ether oxygens (including phenoxy) is 1. The van der Waals surface area contributed by atoms with Crippen LogP contribution in [0.4, 0.5) is 4.39 Å². The van der Waals surface area contributed by atoms with Gasteiger partial charge in [-0.15, -0.1) is 0 Å². The highest BCUT2D eigenvalue weighted by Gasteiger charge is 2.18. The Bertz CT molecular complexity index is 428. The summed E-state index contributed by atoms with van der Waals surface area (Å²) in [7, 11) is 0. The van der Waals surface area contributed by atoms with Crippen LogP contribution in [0.25, 0.3) is 0 Å². The van der Waals surface area contributed by atoms with Crippen LogP contribution in [0.15, 0.2) is 18.2 Å². The minimum Gasteiger partial charge on any atom is -0.381 e. The third kappa shape index (κ3) is 3.79. The lowest BCUT2D eigenvalue weighted by molar-refractivity contribution is -0.120. The van der Waals surface area contributed by atoms with E-state index < -0.39 is 0 Å². The second-order valence-corrected chi connectivity index (χ2v) is 5.12. The molecule has 1 fully saturated rings. The molecule has 1 aliphatic rings. The van der Waals surface area contributed by atoms with Crippen LogP contribution in [-0.4, -0.2) is 19.0 Å². The molecule has 0 atom stereocenters. The van der Waals surface area contributed by atoms with Gasteiger partial charge in [0.25, 0.3) is 0 Å². The maximum Gasteiger partial charge on any atom is 0.137 e. The van der Waals surface area contributed by atoms with Crippen molar-refractivity contribution in [3.05, 3.63) is 34.6 Å². The molecule has 0 bridgehead atoms.